The summed E-state index contributed by atoms with van der Waals surface area (Å²) in [6.45, 7) is 0.219. The van der Waals surface area contributed by atoms with E-state index in [1.54, 1.807) is 24.3 Å². The summed E-state index contributed by atoms with van der Waals surface area (Å²) >= 11 is 0. The number of hydrogen-bond acceptors (Lipinski definition) is 2. The zero-order chi connectivity index (χ0) is 13.1. The zero-order valence-corrected chi connectivity index (χ0v) is 9.29. The van der Waals surface area contributed by atoms with Gasteiger partial charge in [-0.3, -0.25) is 4.79 Å². The maximum absolute atomic E-state index is 12.1. The van der Waals surface area contributed by atoms with Crippen LogP contribution >= 0.6 is 0 Å². The molecule has 1 aromatic carbocycles. The molecule has 1 amide bonds. The molecule has 0 aliphatic rings. The Morgan fingerprint density at radius 3 is 2.47 bits per heavy atom. The van der Waals surface area contributed by atoms with E-state index in [0.717, 1.165) is 12.6 Å². The number of benzene rings is 1. The number of rotatable bonds is 3. The minimum Gasteiger partial charge on any atom is -0.334 e. The third-order valence-electron chi connectivity index (χ3n) is 2.24. The summed E-state index contributed by atoms with van der Waals surface area (Å²) in [5, 5.41) is 0. The summed E-state index contributed by atoms with van der Waals surface area (Å²) < 4.78 is 36.4. The first kappa shape index (κ1) is 13.5. The van der Waals surface area contributed by atoms with Gasteiger partial charge in [-0.05, 0) is 11.1 Å². The molecular formula is C11H13F3N2O. The highest BCUT2D eigenvalue weighted by Gasteiger charge is 2.41. The number of alkyl halides is 3. The van der Waals surface area contributed by atoms with E-state index in [9.17, 15) is 18.0 Å². The van der Waals surface area contributed by atoms with Crippen LogP contribution in [0.15, 0.2) is 24.3 Å². The van der Waals surface area contributed by atoms with E-state index in [0.29, 0.717) is 17.0 Å². The van der Waals surface area contributed by atoms with Crippen molar-refractivity contribution in [2.45, 2.75) is 19.3 Å². The topological polar surface area (TPSA) is 46.3 Å². The van der Waals surface area contributed by atoms with Gasteiger partial charge in [0.1, 0.15) is 0 Å². The molecule has 0 spiro atoms. The average molecular weight is 246 g/mol. The van der Waals surface area contributed by atoms with Gasteiger partial charge in [0.25, 0.3) is 0 Å². The van der Waals surface area contributed by atoms with Crippen LogP contribution in [0.5, 0.6) is 0 Å². The molecule has 6 heteroatoms. The van der Waals surface area contributed by atoms with Crippen molar-refractivity contribution in [1.82, 2.24) is 4.90 Å². The second-order valence-corrected chi connectivity index (χ2v) is 3.68. The van der Waals surface area contributed by atoms with Gasteiger partial charge in [0.05, 0.1) is 0 Å². The molecule has 0 heterocycles. The average Bonchev–Trinajstić information content (AvgIpc) is 2.27. The smallest absolute Gasteiger partial charge is 0.334 e. The maximum Gasteiger partial charge on any atom is 0.471 e. The summed E-state index contributed by atoms with van der Waals surface area (Å²) in [6, 6.07) is 6.80. The minimum atomic E-state index is -4.83. The van der Waals surface area contributed by atoms with Crippen LogP contribution in [-0.4, -0.2) is 24.0 Å². The van der Waals surface area contributed by atoms with Crippen LogP contribution in [0.25, 0.3) is 0 Å². The third kappa shape index (κ3) is 3.74. The molecule has 94 valence electrons. The van der Waals surface area contributed by atoms with Crippen molar-refractivity contribution >= 4 is 5.91 Å². The quantitative estimate of drug-likeness (QED) is 0.881. The minimum absolute atomic E-state index is 0.0911. The molecule has 3 nitrogen and oxygen atoms in total. The molecule has 17 heavy (non-hydrogen) atoms. The molecule has 0 unspecified atom stereocenters. The standard InChI is InChI=1S/C11H13F3N2O/c1-16(10(17)11(12,13)14)7-9-4-2-3-8(5-9)6-15/h2-5H,6-7,15H2,1H3. The molecule has 1 rings (SSSR count). The van der Waals surface area contributed by atoms with Crippen molar-refractivity contribution in [2.75, 3.05) is 7.05 Å². The molecule has 0 radical (unpaired) electrons. The lowest BCUT2D eigenvalue weighted by atomic mass is 10.1. The fraction of sp³-hybridized carbons (Fsp3) is 0.364. The first-order chi connectivity index (χ1) is 7.84. The highest BCUT2D eigenvalue weighted by atomic mass is 19.4. The molecule has 0 fully saturated rings. The fourth-order valence-corrected chi connectivity index (χ4v) is 1.42. The van der Waals surface area contributed by atoms with Crippen LogP contribution in [0.3, 0.4) is 0 Å². The van der Waals surface area contributed by atoms with Crippen molar-refractivity contribution < 1.29 is 18.0 Å². The van der Waals surface area contributed by atoms with E-state index >= 15 is 0 Å². The van der Waals surface area contributed by atoms with Gasteiger partial charge in [0.2, 0.25) is 0 Å². The van der Waals surface area contributed by atoms with E-state index in [4.69, 9.17) is 5.73 Å². The molecule has 0 aliphatic carbocycles. The number of amides is 1. The highest BCUT2D eigenvalue weighted by Crippen LogP contribution is 2.19. The molecule has 0 saturated heterocycles. The lowest BCUT2D eigenvalue weighted by molar-refractivity contribution is -0.184. The summed E-state index contributed by atoms with van der Waals surface area (Å²) in [5.74, 6) is -1.85. The number of nitrogens with two attached hydrogens (primary N) is 1. The van der Waals surface area contributed by atoms with Crippen LogP contribution in [-0.2, 0) is 17.9 Å². The van der Waals surface area contributed by atoms with Crippen molar-refractivity contribution in [3.8, 4) is 0 Å². The van der Waals surface area contributed by atoms with Gasteiger partial charge >= 0.3 is 12.1 Å². The third-order valence-corrected chi connectivity index (χ3v) is 2.24. The first-order valence-electron chi connectivity index (χ1n) is 4.94. The van der Waals surface area contributed by atoms with Crippen molar-refractivity contribution in [1.29, 1.82) is 0 Å². The first-order valence-corrected chi connectivity index (χ1v) is 4.94. The predicted molar refractivity (Wildman–Crippen MR) is 56.9 cm³/mol. The van der Waals surface area contributed by atoms with Crippen LogP contribution in [0.4, 0.5) is 13.2 Å². The van der Waals surface area contributed by atoms with E-state index in [-0.39, 0.29) is 6.54 Å². The number of carbonyl (C=O) groups is 1. The van der Waals surface area contributed by atoms with Gasteiger partial charge in [-0.1, -0.05) is 24.3 Å². The number of nitrogens with zero attached hydrogens (tertiary/aromatic N) is 1. The van der Waals surface area contributed by atoms with Crippen molar-refractivity contribution in [3.63, 3.8) is 0 Å². The summed E-state index contributed by atoms with van der Waals surface area (Å²) in [4.78, 5) is 11.5. The van der Waals surface area contributed by atoms with Gasteiger partial charge < -0.3 is 10.6 Å². The normalized spacial score (nSPS) is 11.4. The number of hydrogen-bond donors (Lipinski definition) is 1. The van der Waals surface area contributed by atoms with Crippen LogP contribution in [0, 0.1) is 0 Å². The number of halogens is 3. The van der Waals surface area contributed by atoms with E-state index < -0.39 is 12.1 Å². The van der Waals surface area contributed by atoms with Crippen molar-refractivity contribution in [3.05, 3.63) is 35.4 Å². The summed E-state index contributed by atoms with van der Waals surface area (Å²) in [6.07, 6.45) is -4.83. The second-order valence-electron chi connectivity index (χ2n) is 3.68. The number of carbonyl (C=O) groups excluding carboxylic acids is 1. The van der Waals surface area contributed by atoms with Crippen LogP contribution < -0.4 is 5.73 Å². The Bertz CT molecular complexity index is 404. The monoisotopic (exact) mass is 246 g/mol. The lowest BCUT2D eigenvalue weighted by Crippen LogP contribution is -2.37. The molecule has 0 aliphatic heterocycles. The summed E-state index contributed by atoms with van der Waals surface area (Å²) in [5.41, 5.74) is 6.85. The van der Waals surface area contributed by atoms with Crippen LogP contribution in [0.1, 0.15) is 11.1 Å². The van der Waals surface area contributed by atoms with E-state index in [1.165, 1.54) is 0 Å². The molecular weight excluding hydrogens is 233 g/mol. The highest BCUT2D eigenvalue weighted by molar-refractivity contribution is 5.81. The van der Waals surface area contributed by atoms with E-state index in [2.05, 4.69) is 0 Å². The Labute approximate surface area is 97.0 Å². The Morgan fingerprint density at radius 1 is 1.35 bits per heavy atom. The van der Waals surface area contributed by atoms with Gasteiger partial charge in [0.15, 0.2) is 0 Å². The van der Waals surface area contributed by atoms with Gasteiger partial charge in [-0.15, -0.1) is 0 Å². The Morgan fingerprint density at radius 2 is 1.94 bits per heavy atom. The largest absolute Gasteiger partial charge is 0.471 e. The Hall–Kier alpha value is -1.56. The van der Waals surface area contributed by atoms with Gasteiger partial charge in [0, 0.05) is 20.1 Å². The lowest BCUT2D eigenvalue weighted by Gasteiger charge is -2.18. The molecule has 0 atom stereocenters. The van der Waals surface area contributed by atoms with E-state index in [1.807, 2.05) is 0 Å². The molecule has 1 aromatic rings. The Kier molecular flexibility index (Phi) is 4.11. The SMILES string of the molecule is CN(Cc1cccc(CN)c1)C(=O)C(F)(F)F. The molecule has 2 N–H and O–H groups in total. The Balaban J connectivity index is 2.74. The predicted octanol–water partition coefficient (Wildman–Crippen LogP) is 1.67. The van der Waals surface area contributed by atoms with Gasteiger partial charge in [-0.2, -0.15) is 13.2 Å². The second kappa shape index (κ2) is 5.18. The van der Waals surface area contributed by atoms with Gasteiger partial charge in [-0.25, -0.2) is 0 Å². The fourth-order valence-electron chi connectivity index (χ4n) is 1.42. The molecule has 0 bridgehead atoms. The van der Waals surface area contributed by atoms with Crippen molar-refractivity contribution in [2.24, 2.45) is 5.73 Å². The van der Waals surface area contributed by atoms with Crippen LogP contribution in [0.2, 0.25) is 0 Å². The molecule has 0 aromatic heterocycles. The maximum atomic E-state index is 12.1. The zero-order valence-electron chi connectivity index (χ0n) is 9.29. The summed E-state index contributed by atoms with van der Waals surface area (Å²) in [7, 11) is 1.12. The molecule has 0 saturated carbocycles.